The summed E-state index contributed by atoms with van der Waals surface area (Å²) in [4.78, 5) is 22.7. The van der Waals surface area contributed by atoms with Crippen molar-refractivity contribution in [3.8, 4) is 5.75 Å². The molecule has 1 amide bonds. The van der Waals surface area contributed by atoms with Gasteiger partial charge >= 0.3 is 0 Å². The number of ether oxygens (including phenoxy) is 1. The van der Waals surface area contributed by atoms with Crippen LogP contribution in [-0.4, -0.2) is 33.9 Å². The molecular formula is C28H24ClN3O2. The van der Waals surface area contributed by atoms with Crippen molar-refractivity contribution in [2.45, 2.75) is 19.4 Å². The Morgan fingerprint density at radius 3 is 2.68 bits per heavy atom. The van der Waals surface area contributed by atoms with Crippen LogP contribution in [-0.2, 0) is 6.42 Å². The highest BCUT2D eigenvalue weighted by atomic mass is 35.5. The first-order chi connectivity index (χ1) is 16.6. The molecule has 0 fully saturated rings. The Morgan fingerprint density at radius 2 is 1.85 bits per heavy atom. The molecule has 1 aliphatic rings. The zero-order valence-corrected chi connectivity index (χ0v) is 19.5. The molecule has 1 aliphatic heterocycles. The van der Waals surface area contributed by atoms with E-state index in [0.29, 0.717) is 23.9 Å². The van der Waals surface area contributed by atoms with E-state index >= 15 is 0 Å². The number of carbonyl (C=O) groups is 1. The predicted molar refractivity (Wildman–Crippen MR) is 136 cm³/mol. The van der Waals surface area contributed by atoms with Crippen molar-refractivity contribution in [3.05, 3.63) is 100 Å². The van der Waals surface area contributed by atoms with Crippen LogP contribution in [0.3, 0.4) is 0 Å². The maximum atomic E-state index is 13.9. The molecule has 0 bridgehead atoms. The largest absolute Gasteiger partial charge is 0.494 e. The molecule has 6 rings (SSSR count). The number of hydrogen-bond donors (Lipinski definition) is 2. The first kappa shape index (κ1) is 20.9. The first-order valence-corrected chi connectivity index (χ1v) is 11.9. The van der Waals surface area contributed by atoms with E-state index in [9.17, 15) is 4.79 Å². The normalized spacial score (nSPS) is 15.6. The van der Waals surface area contributed by atoms with Gasteiger partial charge in [-0.1, -0.05) is 41.9 Å². The van der Waals surface area contributed by atoms with Crippen molar-refractivity contribution in [1.29, 1.82) is 0 Å². The monoisotopic (exact) mass is 469 g/mol. The van der Waals surface area contributed by atoms with Gasteiger partial charge < -0.3 is 19.6 Å². The molecule has 0 radical (unpaired) electrons. The molecule has 34 heavy (non-hydrogen) atoms. The minimum absolute atomic E-state index is 0.0319. The lowest BCUT2D eigenvalue weighted by Crippen LogP contribution is -2.40. The predicted octanol–water partition coefficient (Wildman–Crippen LogP) is 6.49. The molecule has 3 heterocycles. The van der Waals surface area contributed by atoms with Gasteiger partial charge in [-0.15, -0.1) is 0 Å². The molecule has 0 saturated heterocycles. The molecule has 1 atom stereocenters. The minimum Gasteiger partial charge on any atom is -0.494 e. The Hall–Kier alpha value is -3.70. The molecule has 0 spiro atoms. The van der Waals surface area contributed by atoms with E-state index in [1.807, 2.05) is 54.3 Å². The van der Waals surface area contributed by atoms with E-state index in [1.54, 1.807) is 0 Å². The van der Waals surface area contributed by atoms with Crippen LogP contribution in [0.2, 0.25) is 5.02 Å². The second kappa shape index (κ2) is 8.26. The van der Waals surface area contributed by atoms with Gasteiger partial charge in [0.1, 0.15) is 11.4 Å². The molecule has 170 valence electrons. The molecular weight excluding hydrogens is 446 g/mol. The molecule has 2 N–H and O–H groups in total. The average molecular weight is 470 g/mol. The van der Waals surface area contributed by atoms with Crippen molar-refractivity contribution in [3.63, 3.8) is 0 Å². The Bertz CT molecular complexity index is 1520. The summed E-state index contributed by atoms with van der Waals surface area (Å²) in [6.45, 7) is 3.21. The summed E-state index contributed by atoms with van der Waals surface area (Å²) in [5.74, 6) is 0.791. The number of carbonyl (C=O) groups excluding carboxylic acids is 1. The van der Waals surface area contributed by atoms with E-state index in [-0.39, 0.29) is 11.9 Å². The van der Waals surface area contributed by atoms with Gasteiger partial charge in [-0.3, -0.25) is 4.79 Å². The van der Waals surface area contributed by atoms with E-state index < -0.39 is 0 Å². The van der Waals surface area contributed by atoms with Crippen LogP contribution in [0.25, 0.3) is 21.8 Å². The summed E-state index contributed by atoms with van der Waals surface area (Å²) >= 11 is 6.17. The maximum absolute atomic E-state index is 13.9. The summed E-state index contributed by atoms with van der Waals surface area (Å²) in [5.41, 5.74) is 5.95. The van der Waals surface area contributed by atoms with Crippen LogP contribution >= 0.6 is 11.6 Å². The third-order valence-corrected chi connectivity index (χ3v) is 6.85. The van der Waals surface area contributed by atoms with Crippen LogP contribution in [0.4, 0.5) is 0 Å². The standard InChI is InChI=1S/C28H24ClN3O2/c1-2-34-20-10-7-17(8-11-20)27-26-22(21-5-3-4-6-24(21)31-26)13-14-32(27)28(33)25-16-18-15-19(29)9-12-23(18)30-25/h3-12,15-16,27,30-31H,2,13-14H2,1H3/t27-/m1/s1. The number of amides is 1. The van der Waals surface area contributed by atoms with E-state index in [1.165, 1.54) is 10.9 Å². The van der Waals surface area contributed by atoms with Crippen molar-refractivity contribution in [1.82, 2.24) is 14.9 Å². The average Bonchev–Trinajstić information content (AvgIpc) is 3.45. The molecule has 0 unspecified atom stereocenters. The summed E-state index contributed by atoms with van der Waals surface area (Å²) in [6, 6.07) is 23.7. The number of halogens is 1. The highest BCUT2D eigenvalue weighted by Gasteiger charge is 2.35. The first-order valence-electron chi connectivity index (χ1n) is 11.5. The van der Waals surface area contributed by atoms with Crippen molar-refractivity contribution < 1.29 is 9.53 Å². The fourth-order valence-corrected chi connectivity index (χ4v) is 5.27. The highest BCUT2D eigenvalue weighted by Crippen LogP contribution is 2.39. The fourth-order valence-electron chi connectivity index (χ4n) is 5.09. The van der Waals surface area contributed by atoms with E-state index in [0.717, 1.165) is 39.8 Å². The van der Waals surface area contributed by atoms with Crippen LogP contribution in [0.15, 0.2) is 72.8 Å². The quantitative estimate of drug-likeness (QED) is 0.316. The summed E-state index contributed by atoms with van der Waals surface area (Å²) in [5, 5.41) is 2.80. The van der Waals surface area contributed by atoms with Gasteiger partial charge in [0.15, 0.2) is 0 Å². The third kappa shape index (κ3) is 3.44. The highest BCUT2D eigenvalue weighted by molar-refractivity contribution is 6.31. The molecule has 5 aromatic rings. The van der Waals surface area contributed by atoms with Gasteiger partial charge in [-0.2, -0.15) is 0 Å². The lowest BCUT2D eigenvalue weighted by molar-refractivity contribution is 0.0687. The number of benzene rings is 3. The van der Waals surface area contributed by atoms with Crippen LogP contribution in [0.5, 0.6) is 5.75 Å². The number of nitrogens with one attached hydrogen (secondary N) is 2. The lowest BCUT2D eigenvalue weighted by Gasteiger charge is -2.36. The number of para-hydroxylation sites is 1. The Labute approximate surface area is 202 Å². The van der Waals surface area contributed by atoms with Crippen molar-refractivity contribution >= 4 is 39.3 Å². The topological polar surface area (TPSA) is 61.1 Å². The van der Waals surface area contributed by atoms with Crippen molar-refractivity contribution in [2.75, 3.05) is 13.2 Å². The second-order valence-corrected chi connectivity index (χ2v) is 9.07. The Balaban J connectivity index is 1.46. The molecule has 0 saturated carbocycles. The molecule has 2 aromatic heterocycles. The van der Waals surface area contributed by atoms with Gasteiger partial charge in [0.25, 0.3) is 5.91 Å². The summed E-state index contributed by atoms with van der Waals surface area (Å²) in [6.07, 6.45) is 0.796. The smallest absolute Gasteiger partial charge is 0.271 e. The van der Waals surface area contributed by atoms with Crippen LogP contribution in [0.1, 0.15) is 40.3 Å². The SMILES string of the molecule is CCOc1ccc([C@@H]2c3[nH]c4ccccc4c3CCN2C(=O)c2cc3cc(Cl)ccc3[nH]2)cc1. The van der Waals surface area contributed by atoms with Crippen molar-refractivity contribution in [2.24, 2.45) is 0 Å². The summed E-state index contributed by atoms with van der Waals surface area (Å²) < 4.78 is 5.65. The molecule has 6 heteroatoms. The molecule has 5 nitrogen and oxygen atoms in total. The Morgan fingerprint density at radius 1 is 1.03 bits per heavy atom. The number of fused-ring (bicyclic) bond motifs is 4. The zero-order chi connectivity index (χ0) is 23.2. The zero-order valence-electron chi connectivity index (χ0n) is 18.8. The molecule has 3 aromatic carbocycles. The fraction of sp³-hybridized carbons (Fsp3) is 0.179. The maximum Gasteiger partial charge on any atom is 0.271 e. The van der Waals surface area contributed by atoms with Crippen LogP contribution in [0, 0.1) is 0 Å². The number of H-pyrrole nitrogens is 2. The summed E-state index contributed by atoms with van der Waals surface area (Å²) in [7, 11) is 0. The van der Waals surface area contributed by atoms with Gasteiger partial charge in [-0.05, 0) is 66.9 Å². The number of nitrogens with zero attached hydrogens (tertiary/aromatic N) is 1. The Kier molecular flexibility index (Phi) is 5.07. The third-order valence-electron chi connectivity index (χ3n) is 6.62. The van der Waals surface area contributed by atoms with Gasteiger partial charge in [-0.25, -0.2) is 0 Å². The van der Waals surface area contributed by atoms with Gasteiger partial charge in [0, 0.05) is 39.1 Å². The van der Waals surface area contributed by atoms with Gasteiger partial charge in [0.2, 0.25) is 0 Å². The lowest BCUT2D eigenvalue weighted by atomic mass is 9.92. The second-order valence-electron chi connectivity index (χ2n) is 8.63. The minimum atomic E-state index is -0.227. The van der Waals surface area contributed by atoms with Gasteiger partial charge in [0.05, 0.1) is 12.6 Å². The number of aromatic nitrogens is 2. The number of hydrogen-bond acceptors (Lipinski definition) is 2. The van der Waals surface area contributed by atoms with E-state index in [2.05, 4.69) is 40.3 Å². The number of rotatable bonds is 4. The number of aromatic amines is 2. The van der Waals surface area contributed by atoms with Crippen LogP contribution < -0.4 is 4.74 Å². The van der Waals surface area contributed by atoms with E-state index in [4.69, 9.17) is 16.3 Å². The molecule has 0 aliphatic carbocycles.